The van der Waals surface area contributed by atoms with Crippen molar-refractivity contribution in [1.29, 1.82) is 0 Å². The number of para-hydroxylation sites is 1. The molecular formula is C18H26Cl3N3. The third-order valence-electron chi connectivity index (χ3n) is 4.34. The first-order chi connectivity index (χ1) is 10.5. The number of nitrogens with zero attached hydrogens (tertiary/aromatic N) is 2. The molecule has 2 aromatic rings. The molecule has 0 radical (unpaired) electrons. The summed E-state index contributed by atoms with van der Waals surface area (Å²) in [6.45, 7) is 11.0. The fourth-order valence-corrected chi connectivity index (χ4v) is 3.70. The molecule has 1 aliphatic heterocycles. The predicted octanol–water partition coefficient (Wildman–Crippen LogP) is 4.72. The van der Waals surface area contributed by atoms with E-state index in [0.29, 0.717) is 5.15 Å². The van der Waals surface area contributed by atoms with Gasteiger partial charge in [0, 0.05) is 43.2 Å². The van der Waals surface area contributed by atoms with Gasteiger partial charge in [-0.3, -0.25) is 4.90 Å². The van der Waals surface area contributed by atoms with E-state index in [1.807, 2.05) is 12.1 Å². The van der Waals surface area contributed by atoms with Crippen LogP contribution in [0, 0.1) is 5.41 Å². The van der Waals surface area contributed by atoms with Crippen molar-refractivity contribution in [2.45, 2.75) is 26.8 Å². The number of benzene rings is 1. The van der Waals surface area contributed by atoms with Crippen LogP contribution < -0.4 is 5.32 Å². The molecule has 0 spiro atoms. The zero-order chi connectivity index (χ0) is 15.7. The van der Waals surface area contributed by atoms with E-state index in [1.54, 1.807) is 0 Å². The van der Waals surface area contributed by atoms with E-state index in [4.69, 9.17) is 11.6 Å². The molecule has 0 amide bonds. The summed E-state index contributed by atoms with van der Waals surface area (Å²) in [5.41, 5.74) is 2.21. The van der Waals surface area contributed by atoms with Crippen molar-refractivity contribution in [2.24, 2.45) is 5.41 Å². The Balaban J connectivity index is 0.00000144. The second-order valence-electron chi connectivity index (χ2n) is 7.12. The highest BCUT2D eigenvalue weighted by Gasteiger charge is 2.34. The molecule has 1 aliphatic rings. The van der Waals surface area contributed by atoms with E-state index in [2.05, 4.69) is 54.2 Å². The van der Waals surface area contributed by atoms with Crippen LogP contribution in [0.15, 0.2) is 30.3 Å². The molecule has 1 aromatic heterocycles. The number of pyridine rings is 1. The standard InChI is InChI=1S/C18H24ClN3.2ClH/c1-18(2,3)16(22-10-8-20-9-11-22)14-12-13-6-4-5-7-15(13)21-17(14)19;;/h4-7,12,16,20H,8-11H2,1-3H3;2*1H/t16-;;/m1../s1. The minimum Gasteiger partial charge on any atom is -0.314 e. The SMILES string of the molecule is CC(C)(C)[C@@H](c1cc2ccccc2nc1Cl)N1CCNCC1.Cl.Cl. The van der Waals surface area contributed by atoms with Crippen LogP contribution in [0.25, 0.3) is 10.9 Å². The molecule has 0 aliphatic carbocycles. The van der Waals surface area contributed by atoms with Gasteiger partial charge in [0.15, 0.2) is 0 Å². The summed E-state index contributed by atoms with van der Waals surface area (Å²) < 4.78 is 0. The Labute approximate surface area is 162 Å². The molecule has 1 atom stereocenters. The smallest absolute Gasteiger partial charge is 0.134 e. The van der Waals surface area contributed by atoms with Gasteiger partial charge in [-0.25, -0.2) is 4.98 Å². The van der Waals surface area contributed by atoms with E-state index >= 15 is 0 Å². The van der Waals surface area contributed by atoms with Crippen molar-refractivity contribution in [3.63, 3.8) is 0 Å². The Morgan fingerprint density at radius 1 is 1.12 bits per heavy atom. The Morgan fingerprint density at radius 3 is 2.38 bits per heavy atom. The topological polar surface area (TPSA) is 28.2 Å². The maximum Gasteiger partial charge on any atom is 0.134 e. The number of nitrogens with one attached hydrogen (secondary N) is 1. The summed E-state index contributed by atoms with van der Waals surface area (Å²) >= 11 is 6.57. The zero-order valence-corrected chi connectivity index (χ0v) is 16.8. The van der Waals surface area contributed by atoms with Crippen LogP contribution in [0.1, 0.15) is 32.4 Å². The molecule has 3 rings (SSSR count). The largest absolute Gasteiger partial charge is 0.314 e. The van der Waals surface area contributed by atoms with Crippen molar-refractivity contribution < 1.29 is 0 Å². The fraction of sp³-hybridized carbons (Fsp3) is 0.500. The van der Waals surface area contributed by atoms with Crippen LogP contribution in [-0.2, 0) is 0 Å². The van der Waals surface area contributed by atoms with Gasteiger partial charge >= 0.3 is 0 Å². The lowest BCUT2D eigenvalue weighted by Crippen LogP contribution is -2.48. The van der Waals surface area contributed by atoms with Crippen LogP contribution >= 0.6 is 36.4 Å². The Kier molecular flexibility index (Phi) is 7.76. The molecule has 2 heterocycles. The number of aromatic nitrogens is 1. The van der Waals surface area contributed by atoms with Crippen LogP contribution in [0.4, 0.5) is 0 Å². The first kappa shape index (κ1) is 21.5. The number of hydrogen-bond acceptors (Lipinski definition) is 3. The molecule has 3 nitrogen and oxygen atoms in total. The minimum absolute atomic E-state index is 0. The lowest BCUT2D eigenvalue weighted by molar-refractivity contribution is 0.0861. The monoisotopic (exact) mass is 389 g/mol. The van der Waals surface area contributed by atoms with Crippen molar-refractivity contribution in [1.82, 2.24) is 15.2 Å². The van der Waals surface area contributed by atoms with E-state index in [0.717, 1.165) is 42.6 Å². The number of piperazine rings is 1. The Morgan fingerprint density at radius 2 is 1.75 bits per heavy atom. The second-order valence-corrected chi connectivity index (χ2v) is 7.47. The molecule has 0 saturated carbocycles. The molecule has 0 unspecified atom stereocenters. The molecule has 6 heteroatoms. The lowest BCUT2D eigenvalue weighted by atomic mass is 9.81. The molecule has 134 valence electrons. The second kappa shape index (κ2) is 8.68. The quantitative estimate of drug-likeness (QED) is 0.752. The van der Waals surface area contributed by atoms with Gasteiger partial charge in [-0.2, -0.15) is 0 Å². The number of rotatable bonds is 2. The number of fused-ring (bicyclic) bond motifs is 1. The van der Waals surface area contributed by atoms with Crippen LogP contribution in [0.2, 0.25) is 5.15 Å². The van der Waals surface area contributed by atoms with Crippen molar-refractivity contribution in [3.05, 3.63) is 41.0 Å². The number of halogens is 3. The fourth-order valence-electron chi connectivity index (χ4n) is 3.45. The summed E-state index contributed by atoms with van der Waals surface area (Å²) in [4.78, 5) is 7.16. The maximum absolute atomic E-state index is 6.57. The summed E-state index contributed by atoms with van der Waals surface area (Å²) in [6, 6.07) is 10.7. The molecule has 1 saturated heterocycles. The van der Waals surface area contributed by atoms with Gasteiger partial charge in [-0.05, 0) is 17.5 Å². The van der Waals surface area contributed by atoms with E-state index in [-0.39, 0.29) is 36.3 Å². The summed E-state index contributed by atoms with van der Waals surface area (Å²) in [7, 11) is 0. The highest BCUT2D eigenvalue weighted by Crippen LogP contribution is 2.41. The van der Waals surface area contributed by atoms with Gasteiger partial charge in [-0.15, -0.1) is 24.8 Å². The summed E-state index contributed by atoms with van der Waals surface area (Å²) in [6.07, 6.45) is 0. The van der Waals surface area contributed by atoms with Crippen LogP contribution in [0.3, 0.4) is 0 Å². The van der Waals surface area contributed by atoms with Gasteiger partial charge in [0.25, 0.3) is 0 Å². The van der Waals surface area contributed by atoms with Gasteiger partial charge in [0.05, 0.1) is 5.52 Å². The van der Waals surface area contributed by atoms with Gasteiger partial charge < -0.3 is 5.32 Å². The summed E-state index contributed by atoms with van der Waals surface area (Å²) in [5.74, 6) is 0. The Bertz CT molecular complexity index is 664. The van der Waals surface area contributed by atoms with Crippen LogP contribution in [-0.4, -0.2) is 36.1 Å². The average Bonchev–Trinajstić information content (AvgIpc) is 2.48. The first-order valence-corrected chi connectivity index (χ1v) is 8.34. The molecule has 0 bridgehead atoms. The normalized spacial score (nSPS) is 17.0. The highest BCUT2D eigenvalue weighted by molar-refractivity contribution is 6.30. The zero-order valence-electron chi connectivity index (χ0n) is 14.4. The van der Waals surface area contributed by atoms with E-state index in [1.165, 1.54) is 0 Å². The molecule has 1 fully saturated rings. The van der Waals surface area contributed by atoms with Crippen molar-refractivity contribution >= 4 is 47.3 Å². The van der Waals surface area contributed by atoms with Crippen molar-refractivity contribution in [2.75, 3.05) is 26.2 Å². The minimum atomic E-state index is 0. The molecule has 1 N–H and O–H groups in total. The third-order valence-corrected chi connectivity index (χ3v) is 4.64. The average molecular weight is 391 g/mol. The van der Waals surface area contributed by atoms with Gasteiger partial charge in [0.1, 0.15) is 5.15 Å². The molecule has 1 aromatic carbocycles. The third kappa shape index (κ3) is 4.53. The molecular weight excluding hydrogens is 365 g/mol. The lowest BCUT2D eigenvalue weighted by Gasteiger charge is -2.42. The highest BCUT2D eigenvalue weighted by atomic mass is 35.5. The Hall–Kier alpha value is -0.580. The number of hydrogen-bond donors (Lipinski definition) is 1. The first-order valence-electron chi connectivity index (χ1n) is 7.97. The predicted molar refractivity (Wildman–Crippen MR) is 108 cm³/mol. The van der Waals surface area contributed by atoms with E-state index in [9.17, 15) is 0 Å². The van der Waals surface area contributed by atoms with Gasteiger partial charge in [-0.1, -0.05) is 50.6 Å². The summed E-state index contributed by atoms with van der Waals surface area (Å²) in [5, 5.41) is 5.22. The van der Waals surface area contributed by atoms with E-state index < -0.39 is 0 Å². The van der Waals surface area contributed by atoms with Gasteiger partial charge in [0.2, 0.25) is 0 Å². The maximum atomic E-state index is 6.57. The molecule has 24 heavy (non-hydrogen) atoms. The van der Waals surface area contributed by atoms with Crippen molar-refractivity contribution in [3.8, 4) is 0 Å². The van der Waals surface area contributed by atoms with Crippen LogP contribution in [0.5, 0.6) is 0 Å².